The number of rotatable bonds is 6. The maximum absolute atomic E-state index is 9.19. The Kier molecular flexibility index (Phi) is 5.56. The van der Waals surface area contributed by atoms with Crippen molar-refractivity contribution < 1.29 is 5.11 Å². The van der Waals surface area contributed by atoms with Gasteiger partial charge in [-0.3, -0.25) is 4.68 Å². The van der Waals surface area contributed by atoms with Gasteiger partial charge in [-0.25, -0.2) is 0 Å². The van der Waals surface area contributed by atoms with E-state index in [2.05, 4.69) is 51.2 Å². The van der Waals surface area contributed by atoms with Gasteiger partial charge in [0.25, 0.3) is 0 Å². The number of hydrogen-bond donors (Lipinski definition) is 2. The number of aromatic nitrogens is 2. The first-order chi connectivity index (χ1) is 8.75. The highest BCUT2D eigenvalue weighted by atomic mass is 16.3. The molecule has 0 saturated heterocycles. The topological polar surface area (TPSA) is 50.1 Å². The van der Waals surface area contributed by atoms with Crippen molar-refractivity contribution >= 4 is 0 Å². The summed E-state index contributed by atoms with van der Waals surface area (Å²) in [6, 6.07) is 0.303. The molecule has 1 rings (SSSR count). The highest BCUT2D eigenvalue weighted by Crippen LogP contribution is 2.23. The van der Waals surface area contributed by atoms with E-state index < -0.39 is 0 Å². The second-order valence-electron chi connectivity index (χ2n) is 6.68. The maximum atomic E-state index is 9.19. The summed E-state index contributed by atoms with van der Waals surface area (Å²) in [4.78, 5) is 0. The first kappa shape index (κ1) is 16.2. The fourth-order valence-electron chi connectivity index (χ4n) is 2.38. The van der Waals surface area contributed by atoms with Crippen LogP contribution >= 0.6 is 0 Å². The van der Waals surface area contributed by atoms with Crippen LogP contribution in [0, 0.1) is 5.41 Å². The molecule has 0 fully saturated rings. The van der Waals surface area contributed by atoms with E-state index in [9.17, 15) is 5.11 Å². The highest BCUT2D eigenvalue weighted by molar-refractivity contribution is 5.20. The third kappa shape index (κ3) is 4.62. The minimum absolute atomic E-state index is 0.142. The molecule has 1 aromatic heterocycles. The highest BCUT2D eigenvalue weighted by Gasteiger charge is 2.24. The first-order valence-electron chi connectivity index (χ1n) is 7.12. The van der Waals surface area contributed by atoms with Crippen molar-refractivity contribution in [2.75, 3.05) is 6.61 Å². The van der Waals surface area contributed by atoms with Crippen LogP contribution in [0.15, 0.2) is 6.20 Å². The SMILES string of the molecule is CC(C)c1nn(C)cc1CNC(CCO)C(C)(C)C. The number of aryl methyl sites for hydroxylation is 1. The molecule has 0 bridgehead atoms. The first-order valence-corrected chi connectivity index (χ1v) is 7.12. The van der Waals surface area contributed by atoms with Crippen LogP contribution in [0.1, 0.15) is 58.2 Å². The van der Waals surface area contributed by atoms with E-state index in [-0.39, 0.29) is 12.0 Å². The molecule has 0 aromatic carbocycles. The van der Waals surface area contributed by atoms with Gasteiger partial charge in [0.05, 0.1) is 5.69 Å². The average Bonchev–Trinajstić information content (AvgIpc) is 2.64. The molecule has 4 heteroatoms. The monoisotopic (exact) mass is 267 g/mol. The van der Waals surface area contributed by atoms with Crippen molar-refractivity contribution in [2.45, 2.75) is 59.5 Å². The van der Waals surface area contributed by atoms with Gasteiger partial charge in [-0.05, 0) is 17.8 Å². The van der Waals surface area contributed by atoms with Crippen molar-refractivity contribution in [3.63, 3.8) is 0 Å². The molecule has 1 heterocycles. The van der Waals surface area contributed by atoms with Crippen LogP contribution in [0.5, 0.6) is 0 Å². The largest absolute Gasteiger partial charge is 0.396 e. The average molecular weight is 267 g/mol. The number of hydrogen-bond acceptors (Lipinski definition) is 3. The van der Waals surface area contributed by atoms with E-state index in [0.717, 1.165) is 18.7 Å². The van der Waals surface area contributed by atoms with Gasteiger partial charge in [0.15, 0.2) is 0 Å². The fraction of sp³-hybridized carbons (Fsp3) is 0.800. The number of nitrogens with zero attached hydrogens (tertiary/aromatic N) is 2. The van der Waals surface area contributed by atoms with E-state index in [0.29, 0.717) is 12.0 Å². The molecular weight excluding hydrogens is 238 g/mol. The van der Waals surface area contributed by atoms with E-state index >= 15 is 0 Å². The van der Waals surface area contributed by atoms with Gasteiger partial charge in [-0.1, -0.05) is 34.6 Å². The van der Waals surface area contributed by atoms with Crippen LogP contribution < -0.4 is 5.32 Å². The van der Waals surface area contributed by atoms with Crippen LogP contribution in [0.3, 0.4) is 0 Å². The Morgan fingerprint density at radius 3 is 2.47 bits per heavy atom. The van der Waals surface area contributed by atoms with Crippen LogP contribution in [0.4, 0.5) is 0 Å². The summed E-state index contributed by atoms with van der Waals surface area (Å²) in [5.74, 6) is 0.434. The molecule has 2 N–H and O–H groups in total. The van der Waals surface area contributed by atoms with Gasteiger partial charge in [0, 0.05) is 38.0 Å². The summed E-state index contributed by atoms with van der Waals surface area (Å²) in [5.41, 5.74) is 2.56. The Bertz CT molecular complexity index is 391. The summed E-state index contributed by atoms with van der Waals surface area (Å²) in [6.45, 7) is 12.0. The number of aliphatic hydroxyl groups is 1. The van der Waals surface area contributed by atoms with E-state index in [1.54, 1.807) is 0 Å². The number of aliphatic hydroxyl groups excluding tert-OH is 1. The molecule has 1 aromatic rings. The molecule has 0 aliphatic carbocycles. The number of nitrogens with one attached hydrogen (secondary N) is 1. The van der Waals surface area contributed by atoms with Gasteiger partial charge in [-0.2, -0.15) is 5.10 Å². The molecule has 0 amide bonds. The molecule has 0 radical (unpaired) electrons. The van der Waals surface area contributed by atoms with Crippen molar-refractivity contribution in [1.82, 2.24) is 15.1 Å². The molecule has 0 spiro atoms. The summed E-state index contributed by atoms with van der Waals surface area (Å²) >= 11 is 0. The molecule has 0 aliphatic heterocycles. The summed E-state index contributed by atoms with van der Waals surface area (Å²) < 4.78 is 1.88. The van der Waals surface area contributed by atoms with Gasteiger partial charge in [0.1, 0.15) is 0 Å². The van der Waals surface area contributed by atoms with Crippen LogP contribution in [0.2, 0.25) is 0 Å². The Labute approximate surface area is 117 Å². The normalized spacial score (nSPS) is 14.1. The van der Waals surface area contributed by atoms with Crippen molar-refractivity contribution in [3.05, 3.63) is 17.5 Å². The van der Waals surface area contributed by atoms with Gasteiger partial charge >= 0.3 is 0 Å². The van der Waals surface area contributed by atoms with E-state index in [1.165, 1.54) is 5.56 Å². The quantitative estimate of drug-likeness (QED) is 0.832. The van der Waals surface area contributed by atoms with E-state index in [4.69, 9.17) is 0 Å². The van der Waals surface area contributed by atoms with Gasteiger partial charge in [-0.15, -0.1) is 0 Å². The second-order valence-corrected chi connectivity index (χ2v) is 6.68. The van der Waals surface area contributed by atoms with Crippen LogP contribution in [-0.4, -0.2) is 27.5 Å². The van der Waals surface area contributed by atoms with E-state index in [1.807, 2.05) is 11.7 Å². The van der Waals surface area contributed by atoms with Gasteiger partial charge in [0.2, 0.25) is 0 Å². The summed E-state index contributed by atoms with van der Waals surface area (Å²) in [5, 5.41) is 17.3. The molecular formula is C15H29N3O. The lowest BCUT2D eigenvalue weighted by Crippen LogP contribution is -2.40. The molecule has 1 unspecified atom stereocenters. The second kappa shape index (κ2) is 6.53. The van der Waals surface area contributed by atoms with Crippen molar-refractivity contribution in [3.8, 4) is 0 Å². The zero-order chi connectivity index (χ0) is 14.6. The zero-order valence-electron chi connectivity index (χ0n) is 13.2. The zero-order valence-corrected chi connectivity index (χ0v) is 13.2. The molecule has 0 aliphatic rings. The molecule has 4 nitrogen and oxygen atoms in total. The van der Waals surface area contributed by atoms with Crippen molar-refractivity contribution in [1.29, 1.82) is 0 Å². The minimum atomic E-state index is 0.142. The standard InChI is InChI=1S/C15H29N3O/c1-11(2)14-12(10-18(6)17-14)9-16-13(7-8-19)15(3,4)5/h10-11,13,16,19H,7-9H2,1-6H3. The van der Waals surface area contributed by atoms with Gasteiger partial charge < -0.3 is 10.4 Å². The Balaban J connectivity index is 2.74. The predicted molar refractivity (Wildman–Crippen MR) is 79.1 cm³/mol. The van der Waals surface area contributed by atoms with Crippen LogP contribution in [-0.2, 0) is 13.6 Å². The molecule has 0 saturated carbocycles. The Hall–Kier alpha value is -0.870. The molecule has 1 atom stereocenters. The molecule has 19 heavy (non-hydrogen) atoms. The Morgan fingerprint density at radius 1 is 1.37 bits per heavy atom. The van der Waals surface area contributed by atoms with Crippen molar-refractivity contribution in [2.24, 2.45) is 12.5 Å². The lowest BCUT2D eigenvalue weighted by Gasteiger charge is -2.31. The fourth-order valence-corrected chi connectivity index (χ4v) is 2.38. The predicted octanol–water partition coefficient (Wildman–Crippen LogP) is 2.43. The third-order valence-electron chi connectivity index (χ3n) is 3.49. The molecule has 110 valence electrons. The minimum Gasteiger partial charge on any atom is -0.396 e. The lowest BCUT2D eigenvalue weighted by molar-refractivity contribution is 0.196. The van der Waals surface area contributed by atoms with Crippen LogP contribution in [0.25, 0.3) is 0 Å². The third-order valence-corrected chi connectivity index (χ3v) is 3.49. The summed E-state index contributed by atoms with van der Waals surface area (Å²) in [6.07, 6.45) is 2.86. The lowest BCUT2D eigenvalue weighted by atomic mass is 9.85. The smallest absolute Gasteiger partial charge is 0.0694 e. The summed E-state index contributed by atoms with van der Waals surface area (Å²) in [7, 11) is 1.96. The Morgan fingerprint density at radius 2 is 2.00 bits per heavy atom. The maximum Gasteiger partial charge on any atom is 0.0694 e.